The van der Waals surface area contributed by atoms with Gasteiger partial charge in [0.05, 0.1) is 5.92 Å². The number of rotatable bonds is 4. The van der Waals surface area contributed by atoms with Crippen LogP contribution in [0.5, 0.6) is 0 Å². The molecule has 4 rings (SSSR count). The molecule has 0 aromatic heterocycles. The van der Waals surface area contributed by atoms with Crippen molar-refractivity contribution in [2.45, 2.75) is 38.8 Å². The number of amides is 3. The number of nitrogens with two attached hydrogens (primary N) is 1. The molecule has 0 saturated carbocycles. The predicted octanol–water partition coefficient (Wildman–Crippen LogP) is 2.04. The summed E-state index contributed by atoms with van der Waals surface area (Å²) in [6, 6.07) is 14.9. The highest BCUT2D eigenvalue weighted by Crippen LogP contribution is 2.31. The number of hydrogen-bond donors (Lipinski definition) is 1. The number of carbonyl (C=O) groups excluding carboxylic acids is 3. The normalized spacial score (nSPS) is 21.2. The average molecular weight is 391 g/mol. The van der Waals surface area contributed by atoms with Gasteiger partial charge in [0.15, 0.2) is 0 Å². The van der Waals surface area contributed by atoms with Gasteiger partial charge in [-0.05, 0) is 29.2 Å². The molecule has 2 heterocycles. The largest absolute Gasteiger partial charge is 0.368 e. The van der Waals surface area contributed by atoms with Gasteiger partial charge in [-0.15, -0.1) is 0 Å². The van der Waals surface area contributed by atoms with Gasteiger partial charge >= 0.3 is 0 Å². The topological polar surface area (TPSA) is 83.7 Å². The minimum Gasteiger partial charge on any atom is -0.368 e. The molecule has 2 aliphatic heterocycles. The summed E-state index contributed by atoms with van der Waals surface area (Å²) in [5, 5.41) is 0. The number of aryl methyl sites for hydroxylation is 1. The second-order valence-electron chi connectivity index (χ2n) is 7.74. The summed E-state index contributed by atoms with van der Waals surface area (Å²) in [7, 11) is 0. The van der Waals surface area contributed by atoms with Crippen LogP contribution in [0.25, 0.3) is 0 Å². The molecule has 0 bridgehead atoms. The molecule has 3 amide bonds. The number of fused-ring (bicyclic) bond motifs is 1. The van der Waals surface area contributed by atoms with Crippen LogP contribution in [0.3, 0.4) is 0 Å². The van der Waals surface area contributed by atoms with Crippen LogP contribution >= 0.6 is 0 Å². The lowest BCUT2D eigenvalue weighted by Gasteiger charge is -2.36. The van der Waals surface area contributed by atoms with Crippen LogP contribution in [0.4, 0.5) is 5.69 Å². The van der Waals surface area contributed by atoms with Gasteiger partial charge < -0.3 is 15.5 Å². The Morgan fingerprint density at radius 2 is 1.72 bits per heavy atom. The number of primary amides is 1. The fourth-order valence-corrected chi connectivity index (χ4v) is 4.42. The molecule has 6 nitrogen and oxygen atoms in total. The van der Waals surface area contributed by atoms with E-state index in [1.807, 2.05) is 55.5 Å². The van der Waals surface area contributed by atoms with Crippen LogP contribution < -0.4 is 10.6 Å². The van der Waals surface area contributed by atoms with E-state index in [4.69, 9.17) is 5.73 Å². The molecule has 0 spiro atoms. The van der Waals surface area contributed by atoms with Crippen molar-refractivity contribution in [2.75, 3.05) is 11.4 Å². The van der Waals surface area contributed by atoms with Crippen LogP contribution in [0, 0.1) is 5.92 Å². The van der Waals surface area contributed by atoms with Crippen LogP contribution in [-0.4, -0.2) is 35.2 Å². The highest BCUT2D eigenvalue weighted by atomic mass is 16.2. The molecule has 29 heavy (non-hydrogen) atoms. The van der Waals surface area contributed by atoms with E-state index in [0.29, 0.717) is 19.5 Å². The summed E-state index contributed by atoms with van der Waals surface area (Å²) >= 11 is 0. The second-order valence-corrected chi connectivity index (χ2v) is 7.74. The van der Waals surface area contributed by atoms with E-state index in [-0.39, 0.29) is 18.2 Å². The summed E-state index contributed by atoms with van der Waals surface area (Å²) in [6.07, 6.45) is 1.38. The third-order valence-electron chi connectivity index (χ3n) is 6.00. The highest BCUT2D eigenvalue weighted by molar-refractivity contribution is 6.01. The molecule has 1 fully saturated rings. The quantitative estimate of drug-likeness (QED) is 0.866. The minimum absolute atomic E-state index is 0.0581. The third-order valence-corrected chi connectivity index (χ3v) is 6.00. The first-order valence-corrected chi connectivity index (χ1v) is 10.0. The zero-order valence-electron chi connectivity index (χ0n) is 16.5. The Hall–Kier alpha value is -3.15. The van der Waals surface area contributed by atoms with Crippen molar-refractivity contribution in [1.29, 1.82) is 0 Å². The maximum atomic E-state index is 13.3. The van der Waals surface area contributed by atoms with Gasteiger partial charge in [-0.1, -0.05) is 49.4 Å². The zero-order chi connectivity index (χ0) is 20.5. The molecule has 6 heteroatoms. The third kappa shape index (κ3) is 3.50. The summed E-state index contributed by atoms with van der Waals surface area (Å²) in [5.41, 5.74) is 9.64. The Morgan fingerprint density at radius 1 is 1.03 bits per heavy atom. The number of hydrogen-bond acceptors (Lipinski definition) is 3. The Bertz CT molecular complexity index is 971. The van der Waals surface area contributed by atoms with E-state index >= 15 is 0 Å². The van der Waals surface area contributed by atoms with Crippen molar-refractivity contribution in [3.8, 4) is 0 Å². The maximum Gasteiger partial charge on any atom is 0.240 e. The molecule has 2 aromatic carbocycles. The lowest BCUT2D eigenvalue weighted by molar-refractivity contribution is -0.143. The molecular weight excluding hydrogens is 366 g/mol. The number of para-hydroxylation sites is 1. The van der Waals surface area contributed by atoms with E-state index < -0.39 is 17.9 Å². The molecule has 0 aliphatic carbocycles. The predicted molar refractivity (Wildman–Crippen MR) is 110 cm³/mol. The van der Waals surface area contributed by atoms with Gasteiger partial charge in [-0.25, -0.2) is 0 Å². The van der Waals surface area contributed by atoms with Crippen LogP contribution in [-0.2, 0) is 33.8 Å². The molecule has 150 valence electrons. The number of benzene rings is 2. The molecule has 2 N–H and O–H groups in total. The first-order chi connectivity index (χ1) is 14.0. The lowest BCUT2D eigenvalue weighted by atomic mass is 9.92. The number of nitrogens with zero attached hydrogens (tertiary/aromatic N) is 2. The van der Waals surface area contributed by atoms with Gasteiger partial charge in [-0.2, -0.15) is 0 Å². The SMILES string of the molecule is CCc1ccccc1N1C[C@@H](C(=O)N2Cc3ccccc3C[C@@H]2C(N)=O)CC1=O. The van der Waals surface area contributed by atoms with Crippen LogP contribution in [0.1, 0.15) is 30.0 Å². The molecule has 0 radical (unpaired) electrons. The van der Waals surface area contributed by atoms with Gasteiger partial charge in [-0.3, -0.25) is 14.4 Å². The average Bonchev–Trinajstić information content (AvgIpc) is 3.13. The van der Waals surface area contributed by atoms with Gasteiger partial charge in [0.25, 0.3) is 0 Å². The van der Waals surface area contributed by atoms with Gasteiger partial charge in [0.1, 0.15) is 6.04 Å². The Balaban J connectivity index is 1.58. The fourth-order valence-electron chi connectivity index (χ4n) is 4.42. The first-order valence-electron chi connectivity index (χ1n) is 10.0. The monoisotopic (exact) mass is 391 g/mol. The Kier molecular flexibility index (Phi) is 5.09. The van der Waals surface area contributed by atoms with Gasteiger partial charge in [0, 0.05) is 31.6 Å². The van der Waals surface area contributed by atoms with Crippen molar-refractivity contribution in [3.63, 3.8) is 0 Å². The van der Waals surface area contributed by atoms with Crippen LogP contribution in [0.2, 0.25) is 0 Å². The van der Waals surface area contributed by atoms with Crippen LogP contribution in [0.15, 0.2) is 48.5 Å². The van der Waals surface area contributed by atoms with E-state index in [9.17, 15) is 14.4 Å². The summed E-state index contributed by atoms with van der Waals surface area (Å²) in [4.78, 5) is 41.4. The first kappa shape index (κ1) is 19.2. The van der Waals surface area contributed by atoms with Gasteiger partial charge in [0.2, 0.25) is 17.7 Å². The van der Waals surface area contributed by atoms with Crippen molar-refractivity contribution in [2.24, 2.45) is 11.7 Å². The van der Waals surface area contributed by atoms with E-state index in [2.05, 4.69) is 0 Å². The summed E-state index contributed by atoms with van der Waals surface area (Å²) < 4.78 is 0. The lowest BCUT2D eigenvalue weighted by Crippen LogP contribution is -2.53. The standard InChI is InChI=1S/C23H25N3O3/c1-2-15-7-5-6-10-19(15)25-14-18(12-21(25)27)23(29)26-13-17-9-4-3-8-16(17)11-20(26)22(24)28/h3-10,18,20H,2,11-14H2,1H3,(H2,24,28)/t18-,20+/m0/s1. The number of anilines is 1. The maximum absolute atomic E-state index is 13.3. The Morgan fingerprint density at radius 3 is 2.45 bits per heavy atom. The summed E-state index contributed by atoms with van der Waals surface area (Å²) in [5.74, 6) is -1.21. The molecule has 0 unspecified atom stereocenters. The smallest absolute Gasteiger partial charge is 0.240 e. The van der Waals surface area contributed by atoms with E-state index in [1.165, 1.54) is 0 Å². The molecule has 2 atom stereocenters. The van der Waals surface area contributed by atoms with Crippen molar-refractivity contribution in [3.05, 3.63) is 65.2 Å². The van der Waals surface area contributed by atoms with Crippen molar-refractivity contribution < 1.29 is 14.4 Å². The highest BCUT2D eigenvalue weighted by Gasteiger charge is 2.41. The molecule has 2 aromatic rings. The van der Waals surface area contributed by atoms with Crippen molar-refractivity contribution in [1.82, 2.24) is 4.90 Å². The minimum atomic E-state index is -0.676. The van der Waals surface area contributed by atoms with E-state index in [1.54, 1.807) is 9.80 Å². The molecular formula is C23H25N3O3. The van der Waals surface area contributed by atoms with E-state index in [0.717, 1.165) is 28.8 Å². The molecule has 1 saturated heterocycles. The molecule has 2 aliphatic rings. The summed E-state index contributed by atoms with van der Waals surface area (Å²) in [6.45, 7) is 2.72. The second kappa shape index (κ2) is 7.70. The number of carbonyl (C=O) groups is 3. The fraction of sp³-hybridized carbons (Fsp3) is 0.348. The zero-order valence-corrected chi connectivity index (χ0v) is 16.5. The Labute approximate surface area is 170 Å². The van der Waals surface area contributed by atoms with Crippen molar-refractivity contribution >= 4 is 23.4 Å².